The SMILES string of the molecule is Cc1ccc(Br)c2ccc(C(C)(C)C)nc12. The van der Waals surface area contributed by atoms with Crippen LogP contribution in [0.2, 0.25) is 0 Å². The first-order valence-corrected chi connectivity index (χ1v) is 6.25. The molecule has 16 heavy (non-hydrogen) atoms. The Hall–Kier alpha value is -0.890. The highest BCUT2D eigenvalue weighted by atomic mass is 79.9. The quantitative estimate of drug-likeness (QED) is 0.686. The second-order valence-electron chi connectivity index (χ2n) is 5.21. The Balaban J connectivity index is 2.76. The molecule has 1 heterocycles. The average molecular weight is 278 g/mol. The van der Waals surface area contributed by atoms with Gasteiger partial charge in [0, 0.05) is 21.0 Å². The predicted octanol–water partition coefficient (Wildman–Crippen LogP) is 4.60. The Morgan fingerprint density at radius 1 is 1.06 bits per heavy atom. The van der Waals surface area contributed by atoms with Crippen LogP contribution in [0.5, 0.6) is 0 Å². The minimum Gasteiger partial charge on any atom is -0.252 e. The summed E-state index contributed by atoms with van der Waals surface area (Å²) in [6.45, 7) is 8.67. The molecule has 1 nitrogen and oxygen atoms in total. The minimum absolute atomic E-state index is 0.100. The van der Waals surface area contributed by atoms with Crippen molar-refractivity contribution in [3.63, 3.8) is 0 Å². The molecule has 1 aromatic heterocycles. The lowest BCUT2D eigenvalue weighted by molar-refractivity contribution is 0.571. The van der Waals surface area contributed by atoms with Crippen molar-refractivity contribution in [1.29, 1.82) is 0 Å². The highest BCUT2D eigenvalue weighted by Gasteiger charge is 2.16. The van der Waals surface area contributed by atoms with Crippen molar-refractivity contribution in [1.82, 2.24) is 4.98 Å². The lowest BCUT2D eigenvalue weighted by atomic mass is 9.91. The highest BCUT2D eigenvalue weighted by molar-refractivity contribution is 9.10. The van der Waals surface area contributed by atoms with Gasteiger partial charge in [0.2, 0.25) is 0 Å². The lowest BCUT2D eigenvalue weighted by Gasteiger charge is -2.18. The zero-order chi connectivity index (χ0) is 11.9. The Labute approximate surface area is 105 Å². The summed E-state index contributed by atoms with van der Waals surface area (Å²) in [4.78, 5) is 4.78. The van der Waals surface area contributed by atoms with Gasteiger partial charge in [-0.3, -0.25) is 4.98 Å². The zero-order valence-corrected chi connectivity index (χ0v) is 11.7. The fourth-order valence-corrected chi connectivity index (χ4v) is 2.19. The second kappa shape index (κ2) is 3.85. The van der Waals surface area contributed by atoms with E-state index in [0.29, 0.717) is 0 Å². The number of fused-ring (bicyclic) bond motifs is 1. The van der Waals surface area contributed by atoms with Crippen molar-refractivity contribution in [2.24, 2.45) is 0 Å². The standard InChI is InChI=1S/C14H16BrN/c1-9-5-7-11(15)10-6-8-12(14(2,3)4)16-13(9)10/h5-8H,1-4H3. The number of benzene rings is 1. The van der Waals surface area contributed by atoms with E-state index in [1.807, 2.05) is 0 Å². The summed E-state index contributed by atoms with van der Waals surface area (Å²) in [6.07, 6.45) is 0. The molecule has 0 bridgehead atoms. The summed E-state index contributed by atoms with van der Waals surface area (Å²) in [7, 11) is 0. The van der Waals surface area contributed by atoms with Gasteiger partial charge in [-0.15, -0.1) is 0 Å². The van der Waals surface area contributed by atoms with E-state index in [2.05, 4.69) is 67.9 Å². The Morgan fingerprint density at radius 3 is 2.38 bits per heavy atom. The maximum atomic E-state index is 4.78. The van der Waals surface area contributed by atoms with Crippen LogP contribution in [0.25, 0.3) is 10.9 Å². The predicted molar refractivity (Wildman–Crippen MR) is 72.9 cm³/mol. The average Bonchev–Trinajstić information content (AvgIpc) is 2.22. The maximum Gasteiger partial charge on any atom is 0.0746 e. The van der Waals surface area contributed by atoms with Crippen LogP contribution in [0, 0.1) is 6.92 Å². The molecule has 0 aliphatic carbocycles. The van der Waals surface area contributed by atoms with Gasteiger partial charge in [0.1, 0.15) is 0 Å². The fourth-order valence-electron chi connectivity index (χ4n) is 1.74. The highest BCUT2D eigenvalue weighted by Crippen LogP contribution is 2.28. The van der Waals surface area contributed by atoms with Crippen molar-refractivity contribution in [3.8, 4) is 0 Å². The normalized spacial score (nSPS) is 12.1. The summed E-state index contributed by atoms with van der Waals surface area (Å²) in [5.41, 5.74) is 3.57. The van der Waals surface area contributed by atoms with E-state index in [4.69, 9.17) is 4.98 Å². The van der Waals surface area contributed by atoms with Crippen molar-refractivity contribution in [3.05, 3.63) is 40.0 Å². The molecule has 0 saturated heterocycles. The van der Waals surface area contributed by atoms with Gasteiger partial charge >= 0.3 is 0 Å². The van der Waals surface area contributed by atoms with E-state index in [0.717, 1.165) is 15.7 Å². The van der Waals surface area contributed by atoms with Gasteiger partial charge in [-0.05, 0) is 30.7 Å². The van der Waals surface area contributed by atoms with E-state index in [1.165, 1.54) is 10.9 Å². The summed E-state index contributed by atoms with van der Waals surface area (Å²) in [6, 6.07) is 8.45. The summed E-state index contributed by atoms with van der Waals surface area (Å²) >= 11 is 3.57. The monoisotopic (exact) mass is 277 g/mol. The maximum absolute atomic E-state index is 4.78. The van der Waals surface area contributed by atoms with E-state index >= 15 is 0 Å². The fraction of sp³-hybridized carbons (Fsp3) is 0.357. The molecule has 0 radical (unpaired) electrons. The molecule has 2 aromatic rings. The van der Waals surface area contributed by atoms with Crippen LogP contribution in [-0.4, -0.2) is 4.98 Å². The third kappa shape index (κ3) is 1.99. The van der Waals surface area contributed by atoms with E-state index < -0.39 is 0 Å². The van der Waals surface area contributed by atoms with Gasteiger partial charge in [-0.1, -0.05) is 42.8 Å². The van der Waals surface area contributed by atoms with Gasteiger partial charge in [0.15, 0.2) is 0 Å². The number of pyridine rings is 1. The van der Waals surface area contributed by atoms with Gasteiger partial charge in [0.25, 0.3) is 0 Å². The second-order valence-corrected chi connectivity index (χ2v) is 6.06. The smallest absolute Gasteiger partial charge is 0.0746 e. The molecule has 0 aliphatic rings. The van der Waals surface area contributed by atoms with Crippen LogP contribution in [0.1, 0.15) is 32.0 Å². The summed E-state index contributed by atoms with van der Waals surface area (Å²) < 4.78 is 1.11. The molecule has 0 fully saturated rings. The molecule has 0 N–H and O–H groups in total. The molecular formula is C14H16BrN. The van der Waals surface area contributed by atoms with Crippen molar-refractivity contribution < 1.29 is 0 Å². The largest absolute Gasteiger partial charge is 0.252 e. The minimum atomic E-state index is 0.100. The molecular weight excluding hydrogens is 262 g/mol. The molecule has 0 spiro atoms. The molecule has 0 atom stereocenters. The molecule has 84 valence electrons. The van der Waals surface area contributed by atoms with Gasteiger partial charge in [-0.2, -0.15) is 0 Å². The number of aryl methyl sites for hydroxylation is 1. The number of aromatic nitrogens is 1. The molecule has 2 heteroatoms. The van der Waals surface area contributed by atoms with Crippen molar-refractivity contribution >= 4 is 26.8 Å². The van der Waals surface area contributed by atoms with Crippen molar-refractivity contribution in [2.45, 2.75) is 33.1 Å². The molecule has 2 rings (SSSR count). The summed E-state index contributed by atoms with van der Waals surface area (Å²) in [5, 5.41) is 1.19. The van der Waals surface area contributed by atoms with Gasteiger partial charge < -0.3 is 0 Å². The van der Waals surface area contributed by atoms with Gasteiger partial charge in [-0.25, -0.2) is 0 Å². The Bertz CT molecular complexity index is 538. The number of hydrogen-bond donors (Lipinski definition) is 0. The molecule has 0 unspecified atom stereocenters. The van der Waals surface area contributed by atoms with E-state index in [1.54, 1.807) is 0 Å². The lowest BCUT2D eigenvalue weighted by Crippen LogP contribution is -2.13. The van der Waals surface area contributed by atoms with Crippen LogP contribution >= 0.6 is 15.9 Å². The van der Waals surface area contributed by atoms with Crippen LogP contribution in [0.3, 0.4) is 0 Å². The summed E-state index contributed by atoms with van der Waals surface area (Å²) in [5.74, 6) is 0. The van der Waals surface area contributed by atoms with Crippen LogP contribution < -0.4 is 0 Å². The molecule has 0 saturated carbocycles. The first kappa shape index (κ1) is 11.6. The Kier molecular flexibility index (Phi) is 2.79. The first-order valence-electron chi connectivity index (χ1n) is 5.46. The van der Waals surface area contributed by atoms with Gasteiger partial charge in [0.05, 0.1) is 5.52 Å². The topological polar surface area (TPSA) is 12.9 Å². The zero-order valence-electron chi connectivity index (χ0n) is 10.1. The van der Waals surface area contributed by atoms with Crippen molar-refractivity contribution in [2.75, 3.05) is 0 Å². The molecule has 0 aliphatic heterocycles. The Morgan fingerprint density at radius 2 is 1.75 bits per heavy atom. The number of halogens is 1. The first-order chi connectivity index (χ1) is 7.39. The third-order valence-corrected chi connectivity index (χ3v) is 3.47. The van der Waals surface area contributed by atoms with E-state index in [-0.39, 0.29) is 5.41 Å². The third-order valence-electron chi connectivity index (χ3n) is 2.77. The molecule has 1 aromatic carbocycles. The van der Waals surface area contributed by atoms with Crippen LogP contribution in [0.4, 0.5) is 0 Å². The number of hydrogen-bond acceptors (Lipinski definition) is 1. The van der Waals surface area contributed by atoms with Crippen LogP contribution in [0.15, 0.2) is 28.7 Å². The number of rotatable bonds is 0. The molecule has 0 amide bonds. The number of nitrogens with zero attached hydrogens (tertiary/aromatic N) is 1. The van der Waals surface area contributed by atoms with E-state index in [9.17, 15) is 0 Å². The van der Waals surface area contributed by atoms with Crippen LogP contribution in [-0.2, 0) is 5.41 Å².